The van der Waals surface area contributed by atoms with Crippen LogP contribution in [-0.4, -0.2) is 114 Å². The number of rotatable bonds is 9. The van der Waals surface area contributed by atoms with Gasteiger partial charge in [-0.3, -0.25) is 9.69 Å². The van der Waals surface area contributed by atoms with Crippen molar-refractivity contribution in [2.75, 3.05) is 69.8 Å². The van der Waals surface area contributed by atoms with Gasteiger partial charge in [-0.2, -0.15) is 5.26 Å². The first-order valence-corrected chi connectivity index (χ1v) is 15.3. The fraction of sp³-hybridized carbons (Fsp3) is 0.469. The molecule has 3 aliphatic heterocycles. The Bertz CT molecular complexity index is 1540. The molecule has 1 unspecified atom stereocenters. The van der Waals surface area contributed by atoms with Gasteiger partial charge >= 0.3 is 0 Å². The first kappa shape index (κ1) is 30.5. The van der Waals surface area contributed by atoms with Crippen LogP contribution in [0.5, 0.6) is 11.5 Å². The highest BCUT2D eigenvalue weighted by Gasteiger charge is 2.30. The van der Waals surface area contributed by atoms with Crippen molar-refractivity contribution >= 4 is 23.4 Å². The number of nitriles is 1. The number of piperidine rings is 1. The molecule has 13 heteroatoms. The average Bonchev–Trinajstić information content (AvgIpc) is 3.04. The predicted molar refractivity (Wildman–Crippen MR) is 167 cm³/mol. The smallest absolute Gasteiger partial charge is 0.251 e. The maximum Gasteiger partial charge on any atom is 0.251 e. The first-order chi connectivity index (χ1) is 21.9. The number of aliphatic hydroxyl groups is 1. The third kappa shape index (κ3) is 6.93. The maximum atomic E-state index is 12.1. The number of anilines is 3. The lowest BCUT2D eigenvalue weighted by Crippen LogP contribution is -2.56. The van der Waals surface area contributed by atoms with Crippen LogP contribution in [0.3, 0.4) is 0 Å². The Morgan fingerprint density at radius 2 is 1.87 bits per heavy atom. The maximum absolute atomic E-state index is 12.1. The van der Waals surface area contributed by atoms with Gasteiger partial charge in [0, 0.05) is 69.9 Å². The molecule has 1 aromatic carbocycles. The van der Waals surface area contributed by atoms with E-state index in [4.69, 9.17) is 14.2 Å². The number of nitrogens with zero attached hydrogens (tertiary/aromatic N) is 7. The molecule has 0 radical (unpaired) electrons. The van der Waals surface area contributed by atoms with E-state index in [1.807, 2.05) is 18.3 Å². The Labute approximate surface area is 262 Å². The summed E-state index contributed by atoms with van der Waals surface area (Å²) in [4.78, 5) is 32.1. The van der Waals surface area contributed by atoms with Gasteiger partial charge in [0.05, 0.1) is 49.5 Å². The Morgan fingerprint density at radius 3 is 2.53 bits per heavy atom. The Kier molecular flexibility index (Phi) is 9.25. The number of likely N-dealkylation sites (tertiary alicyclic amines) is 1. The minimum Gasteiger partial charge on any atom is -0.494 e. The number of pyridine rings is 1. The van der Waals surface area contributed by atoms with E-state index < -0.39 is 6.10 Å². The zero-order valence-corrected chi connectivity index (χ0v) is 25.6. The zero-order chi connectivity index (χ0) is 31.3. The number of amides is 1. The molecule has 3 saturated heterocycles. The SMILES string of the molecule is COc1cc(Nc2nccc(-c3ccc(OC4CCN(C(=O)C(C)O)CC4)c(C#N)c3)n2)ncc1N1CCN(C2COC2)CC1. The largest absolute Gasteiger partial charge is 0.494 e. The summed E-state index contributed by atoms with van der Waals surface area (Å²) in [5.74, 6) is 1.86. The summed E-state index contributed by atoms with van der Waals surface area (Å²) in [5.41, 5.74) is 2.73. The van der Waals surface area contributed by atoms with Crippen LogP contribution in [0.4, 0.5) is 17.5 Å². The van der Waals surface area contributed by atoms with E-state index in [2.05, 4.69) is 36.1 Å². The molecule has 3 fully saturated rings. The van der Waals surface area contributed by atoms with Crippen molar-refractivity contribution in [1.29, 1.82) is 5.26 Å². The Hall–Kier alpha value is -4.51. The number of methoxy groups -OCH3 is 1. The van der Waals surface area contributed by atoms with E-state index in [0.717, 1.165) is 56.4 Å². The summed E-state index contributed by atoms with van der Waals surface area (Å²) in [7, 11) is 1.66. The summed E-state index contributed by atoms with van der Waals surface area (Å²) < 4.78 is 17.2. The van der Waals surface area contributed by atoms with Crippen LogP contribution >= 0.6 is 0 Å². The Morgan fingerprint density at radius 1 is 1.09 bits per heavy atom. The molecule has 0 spiro atoms. The van der Waals surface area contributed by atoms with Crippen molar-refractivity contribution in [1.82, 2.24) is 24.8 Å². The number of nitrogens with one attached hydrogen (secondary N) is 1. The normalized spacial score (nSPS) is 18.5. The molecule has 0 aliphatic carbocycles. The molecule has 1 atom stereocenters. The van der Waals surface area contributed by atoms with Gasteiger partial charge in [-0.25, -0.2) is 15.0 Å². The number of piperazine rings is 1. The lowest BCUT2D eigenvalue weighted by Gasteiger charge is -2.43. The number of carbonyl (C=O) groups excluding carboxylic acids is 1. The molecule has 45 heavy (non-hydrogen) atoms. The van der Waals surface area contributed by atoms with Crippen LogP contribution in [0.1, 0.15) is 25.3 Å². The summed E-state index contributed by atoms with van der Waals surface area (Å²) in [6, 6.07) is 11.8. The second kappa shape index (κ2) is 13.6. The van der Waals surface area contributed by atoms with Gasteiger partial charge in [0.25, 0.3) is 5.91 Å². The molecule has 2 aromatic heterocycles. The molecular formula is C32H38N8O5. The molecule has 0 saturated carbocycles. The number of ether oxygens (including phenoxy) is 3. The highest BCUT2D eigenvalue weighted by Crippen LogP contribution is 2.32. The van der Waals surface area contributed by atoms with Gasteiger partial charge in [-0.15, -0.1) is 0 Å². The third-order valence-electron chi connectivity index (χ3n) is 8.55. The van der Waals surface area contributed by atoms with E-state index in [0.29, 0.717) is 60.7 Å². The summed E-state index contributed by atoms with van der Waals surface area (Å²) in [5, 5.41) is 22.6. The number of hydrogen-bond acceptors (Lipinski definition) is 12. The zero-order valence-electron chi connectivity index (χ0n) is 25.6. The lowest BCUT2D eigenvalue weighted by molar-refractivity contribution is -0.141. The monoisotopic (exact) mass is 614 g/mol. The predicted octanol–water partition coefficient (Wildman–Crippen LogP) is 2.43. The molecule has 13 nitrogen and oxygen atoms in total. The molecule has 6 rings (SSSR count). The van der Waals surface area contributed by atoms with Gasteiger partial charge in [-0.1, -0.05) is 0 Å². The quantitative estimate of drug-likeness (QED) is 0.365. The highest BCUT2D eigenvalue weighted by atomic mass is 16.5. The fourth-order valence-corrected chi connectivity index (χ4v) is 5.87. The van der Waals surface area contributed by atoms with E-state index in [-0.39, 0.29) is 12.0 Å². The second-order valence-corrected chi connectivity index (χ2v) is 11.5. The van der Waals surface area contributed by atoms with E-state index >= 15 is 0 Å². The molecule has 2 N–H and O–H groups in total. The summed E-state index contributed by atoms with van der Waals surface area (Å²) >= 11 is 0. The molecule has 3 aromatic rings. The van der Waals surface area contributed by atoms with Crippen molar-refractivity contribution < 1.29 is 24.1 Å². The van der Waals surface area contributed by atoms with Crippen molar-refractivity contribution in [3.05, 3.63) is 48.3 Å². The minimum atomic E-state index is -1.01. The topological polar surface area (TPSA) is 149 Å². The number of hydrogen-bond donors (Lipinski definition) is 2. The van der Waals surface area contributed by atoms with Crippen molar-refractivity contribution in [3.63, 3.8) is 0 Å². The standard InChI is InChI=1S/C32H38N8O5/c1-21(41)31(42)40-9-6-25(7-10-40)45-28-4-3-22(15-23(28)17-33)26-5-8-34-32(36-26)37-30-16-29(43-2)27(18-35-30)39-13-11-38(12-14-39)24-19-44-20-24/h3-5,8,15-16,18,21,24-25,41H,6-7,9-14,19-20H2,1-2H3,(H,34,35,36,37). The van der Waals surface area contributed by atoms with Crippen molar-refractivity contribution in [3.8, 4) is 28.8 Å². The second-order valence-electron chi connectivity index (χ2n) is 11.5. The van der Waals surface area contributed by atoms with Crippen LogP contribution in [0.15, 0.2) is 42.7 Å². The number of carbonyl (C=O) groups is 1. The van der Waals surface area contributed by atoms with Crippen LogP contribution < -0.4 is 19.7 Å². The molecule has 1 amide bonds. The first-order valence-electron chi connectivity index (χ1n) is 15.3. The molecule has 236 valence electrons. The third-order valence-corrected chi connectivity index (χ3v) is 8.55. The van der Waals surface area contributed by atoms with Gasteiger partial charge in [0.2, 0.25) is 5.95 Å². The van der Waals surface area contributed by atoms with Crippen molar-refractivity contribution in [2.45, 2.75) is 38.0 Å². The average molecular weight is 615 g/mol. The molecule has 0 bridgehead atoms. The van der Waals surface area contributed by atoms with Gasteiger partial charge < -0.3 is 34.4 Å². The van der Waals surface area contributed by atoms with Crippen LogP contribution in [0, 0.1) is 11.3 Å². The molecular weight excluding hydrogens is 576 g/mol. The molecule has 5 heterocycles. The van der Waals surface area contributed by atoms with Crippen LogP contribution in [0.2, 0.25) is 0 Å². The lowest BCUT2D eigenvalue weighted by atomic mass is 10.1. The van der Waals surface area contributed by atoms with Crippen LogP contribution in [0.25, 0.3) is 11.3 Å². The highest BCUT2D eigenvalue weighted by molar-refractivity contribution is 5.80. The summed E-state index contributed by atoms with van der Waals surface area (Å²) in [6.45, 7) is 7.87. The number of benzene rings is 1. The van der Waals surface area contributed by atoms with Crippen LogP contribution in [-0.2, 0) is 9.53 Å². The van der Waals surface area contributed by atoms with Crippen molar-refractivity contribution in [2.24, 2.45) is 0 Å². The van der Waals surface area contributed by atoms with E-state index in [1.54, 1.807) is 36.4 Å². The molecule has 3 aliphatic rings. The number of aromatic nitrogens is 3. The van der Waals surface area contributed by atoms with E-state index in [9.17, 15) is 15.2 Å². The summed E-state index contributed by atoms with van der Waals surface area (Å²) in [6.07, 6.45) is 3.58. The minimum absolute atomic E-state index is 0.126. The fourth-order valence-electron chi connectivity index (χ4n) is 5.87. The van der Waals surface area contributed by atoms with Gasteiger partial charge in [0.1, 0.15) is 35.6 Å². The Balaban J connectivity index is 1.10. The van der Waals surface area contributed by atoms with Gasteiger partial charge in [0.15, 0.2) is 0 Å². The van der Waals surface area contributed by atoms with Gasteiger partial charge in [-0.05, 0) is 31.2 Å². The van der Waals surface area contributed by atoms with E-state index in [1.165, 1.54) is 6.92 Å². The number of aliphatic hydroxyl groups excluding tert-OH is 1.